The minimum atomic E-state index is 0.0609. The zero-order valence-electron chi connectivity index (χ0n) is 9.62. The summed E-state index contributed by atoms with van der Waals surface area (Å²) >= 11 is 1.38. The normalized spacial score (nSPS) is 10.4. The molecule has 0 unspecified atom stereocenters. The molecule has 0 aliphatic rings. The van der Waals surface area contributed by atoms with Crippen LogP contribution in [0.1, 0.15) is 20.3 Å². The van der Waals surface area contributed by atoms with Crippen molar-refractivity contribution < 1.29 is 4.79 Å². The average molecular weight is 242 g/mol. The van der Waals surface area contributed by atoms with E-state index in [1.54, 1.807) is 6.20 Å². The molecule has 0 fully saturated rings. The third-order valence-corrected chi connectivity index (χ3v) is 2.64. The van der Waals surface area contributed by atoms with Crippen LogP contribution < -0.4 is 16.4 Å². The van der Waals surface area contributed by atoms with Gasteiger partial charge in [0.1, 0.15) is 5.00 Å². The van der Waals surface area contributed by atoms with Gasteiger partial charge in [0.05, 0.1) is 6.20 Å². The molecule has 4 N–H and O–H groups in total. The maximum atomic E-state index is 11.4. The Morgan fingerprint density at radius 2 is 2.38 bits per heavy atom. The molecule has 16 heavy (non-hydrogen) atoms. The summed E-state index contributed by atoms with van der Waals surface area (Å²) in [5.74, 6) is 0.543. The zero-order chi connectivity index (χ0) is 12.0. The fourth-order valence-electron chi connectivity index (χ4n) is 1.06. The molecule has 1 rings (SSSR count). The first-order valence-corrected chi connectivity index (χ1v) is 6.11. The molecule has 0 bridgehead atoms. The Hall–Kier alpha value is -1.30. The lowest BCUT2D eigenvalue weighted by Crippen LogP contribution is -2.28. The molecule has 0 saturated carbocycles. The molecule has 1 aromatic heterocycles. The van der Waals surface area contributed by atoms with Gasteiger partial charge in [-0.2, -0.15) is 0 Å². The highest BCUT2D eigenvalue weighted by Crippen LogP contribution is 2.18. The summed E-state index contributed by atoms with van der Waals surface area (Å²) in [5, 5.41) is 7.33. The lowest BCUT2D eigenvalue weighted by atomic mass is 10.2. The molecule has 0 spiro atoms. The van der Waals surface area contributed by atoms with Crippen molar-refractivity contribution in [2.45, 2.75) is 20.3 Å². The van der Waals surface area contributed by atoms with Crippen molar-refractivity contribution in [2.75, 3.05) is 24.1 Å². The number of nitrogens with one attached hydrogen (secondary N) is 2. The van der Waals surface area contributed by atoms with Crippen LogP contribution in [0.15, 0.2) is 6.20 Å². The van der Waals surface area contributed by atoms with Crippen LogP contribution in [0.2, 0.25) is 0 Å². The summed E-state index contributed by atoms with van der Waals surface area (Å²) in [7, 11) is 0. The van der Waals surface area contributed by atoms with Gasteiger partial charge in [-0.05, 0) is 5.92 Å². The molecule has 1 amide bonds. The number of hydrogen-bond acceptors (Lipinski definition) is 5. The van der Waals surface area contributed by atoms with Gasteiger partial charge in [0.2, 0.25) is 5.91 Å². The molecule has 0 saturated heterocycles. The van der Waals surface area contributed by atoms with Crippen LogP contribution in [-0.2, 0) is 4.79 Å². The maximum absolute atomic E-state index is 11.4. The first-order chi connectivity index (χ1) is 7.58. The number of aromatic nitrogens is 1. The maximum Gasteiger partial charge on any atom is 0.221 e. The van der Waals surface area contributed by atoms with Gasteiger partial charge in [0, 0.05) is 19.5 Å². The quantitative estimate of drug-likeness (QED) is 0.702. The number of anilines is 2. The van der Waals surface area contributed by atoms with Crippen LogP contribution in [0.5, 0.6) is 0 Å². The van der Waals surface area contributed by atoms with Gasteiger partial charge in [0.25, 0.3) is 0 Å². The van der Waals surface area contributed by atoms with Crippen LogP contribution in [0.4, 0.5) is 10.1 Å². The van der Waals surface area contributed by atoms with Crippen molar-refractivity contribution in [2.24, 2.45) is 5.92 Å². The highest BCUT2D eigenvalue weighted by molar-refractivity contribution is 7.19. The Morgan fingerprint density at radius 1 is 1.62 bits per heavy atom. The predicted molar refractivity (Wildman–Crippen MR) is 67.5 cm³/mol. The fraction of sp³-hybridized carbons (Fsp3) is 0.600. The number of thiazole rings is 1. The average Bonchev–Trinajstić information content (AvgIpc) is 2.61. The van der Waals surface area contributed by atoms with Crippen molar-refractivity contribution in [1.82, 2.24) is 10.3 Å². The Balaban J connectivity index is 2.13. The number of nitrogen functional groups attached to an aromatic ring is 1. The highest BCUT2D eigenvalue weighted by atomic mass is 32.1. The Labute approximate surface area is 99.4 Å². The molecule has 0 radical (unpaired) electrons. The first kappa shape index (κ1) is 12.8. The van der Waals surface area contributed by atoms with Crippen LogP contribution in [-0.4, -0.2) is 24.0 Å². The number of carbonyl (C=O) groups is 1. The van der Waals surface area contributed by atoms with E-state index in [2.05, 4.69) is 29.5 Å². The van der Waals surface area contributed by atoms with E-state index in [1.165, 1.54) is 11.3 Å². The van der Waals surface area contributed by atoms with E-state index in [0.717, 1.165) is 11.7 Å². The van der Waals surface area contributed by atoms with Gasteiger partial charge < -0.3 is 16.4 Å². The summed E-state index contributed by atoms with van der Waals surface area (Å²) < 4.78 is 0. The number of hydrogen-bond donors (Lipinski definition) is 3. The van der Waals surface area contributed by atoms with E-state index in [-0.39, 0.29) is 5.91 Å². The van der Waals surface area contributed by atoms with E-state index in [0.29, 0.717) is 23.9 Å². The summed E-state index contributed by atoms with van der Waals surface area (Å²) in [4.78, 5) is 15.4. The Bertz CT molecular complexity index is 337. The topological polar surface area (TPSA) is 80.0 Å². The summed E-state index contributed by atoms with van der Waals surface area (Å²) in [5.41, 5.74) is 5.53. The van der Waals surface area contributed by atoms with Crippen molar-refractivity contribution in [3.63, 3.8) is 0 Å². The number of rotatable bonds is 6. The van der Waals surface area contributed by atoms with Gasteiger partial charge >= 0.3 is 0 Å². The monoisotopic (exact) mass is 242 g/mol. The molecular formula is C10H18N4OS. The number of carbonyl (C=O) groups excluding carboxylic acids is 1. The number of amides is 1. The van der Waals surface area contributed by atoms with Gasteiger partial charge in [-0.25, -0.2) is 4.98 Å². The molecule has 1 heterocycles. The molecular weight excluding hydrogens is 224 g/mol. The van der Waals surface area contributed by atoms with Crippen molar-refractivity contribution in [1.29, 1.82) is 0 Å². The molecule has 90 valence electrons. The zero-order valence-corrected chi connectivity index (χ0v) is 10.4. The van der Waals surface area contributed by atoms with E-state index in [9.17, 15) is 4.79 Å². The second-order valence-corrected chi connectivity index (χ2v) is 5.00. The standard InChI is InChI=1S/C10H18N4OS/c1-7(2)5-13-9(15)3-4-12-10-14-6-8(11)16-10/h6-7H,3-5,11H2,1-2H3,(H,12,14)(H,13,15). The summed E-state index contributed by atoms with van der Waals surface area (Å²) in [6.07, 6.45) is 2.05. The number of nitrogens with zero attached hydrogens (tertiary/aromatic N) is 1. The number of nitrogens with two attached hydrogens (primary N) is 1. The van der Waals surface area contributed by atoms with Gasteiger partial charge in [-0.3, -0.25) is 4.79 Å². The van der Waals surface area contributed by atoms with Crippen LogP contribution in [0.25, 0.3) is 0 Å². The molecule has 0 aliphatic carbocycles. The molecule has 0 aliphatic heterocycles. The van der Waals surface area contributed by atoms with Gasteiger partial charge in [-0.15, -0.1) is 0 Å². The molecule has 5 nitrogen and oxygen atoms in total. The minimum absolute atomic E-state index is 0.0609. The lowest BCUT2D eigenvalue weighted by molar-refractivity contribution is -0.120. The smallest absolute Gasteiger partial charge is 0.221 e. The molecule has 6 heteroatoms. The van der Waals surface area contributed by atoms with Crippen LogP contribution in [0.3, 0.4) is 0 Å². The largest absolute Gasteiger partial charge is 0.389 e. The third kappa shape index (κ3) is 4.97. The van der Waals surface area contributed by atoms with E-state index >= 15 is 0 Å². The third-order valence-electron chi connectivity index (χ3n) is 1.86. The molecule has 1 aromatic rings. The second-order valence-electron chi connectivity index (χ2n) is 3.94. The Morgan fingerprint density at radius 3 is 2.94 bits per heavy atom. The lowest BCUT2D eigenvalue weighted by Gasteiger charge is -2.07. The fourth-order valence-corrected chi connectivity index (χ4v) is 1.67. The van der Waals surface area contributed by atoms with E-state index in [4.69, 9.17) is 5.73 Å². The van der Waals surface area contributed by atoms with Crippen molar-refractivity contribution in [3.8, 4) is 0 Å². The van der Waals surface area contributed by atoms with E-state index in [1.807, 2.05) is 0 Å². The van der Waals surface area contributed by atoms with Crippen molar-refractivity contribution >= 4 is 27.4 Å². The molecule has 0 aromatic carbocycles. The first-order valence-electron chi connectivity index (χ1n) is 5.30. The summed E-state index contributed by atoms with van der Waals surface area (Å²) in [6.45, 7) is 5.44. The molecule has 0 atom stereocenters. The highest BCUT2D eigenvalue weighted by Gasteiger charge is 2.03. The van der Waals surface area contributed by atoms with Gasteiger partial charge in [-0.1, -0.05) is 25.2 Å². The van der Waals surface area contributed by atoms with Crippen molar-refractivity contribution in [3.05, 3.63) is 6.20 Å². The SMILES string of the molecule is CC(C)CNC(=O)CCNc1ncc(N)s1. The minimum Gasteiger partial charge on any atom is -0.389 e. The van der Waals surface area contributed by atoms with Crippen LogP contribution in [0, 0.1) is 5.92 Å². The van der Waals surface area contributed by atoms with Crippen LogP contribution >= 0.6 is 11.3 Å². The van der Waals surface area contributed by atoms with E-state index < -0.39 is 0 Å². The summed E-state index contributed by atoms with van der Waals surface area (Å²) in [6, 6.07) is 0. The second kappa shape index (κ2) is 6.32. The Kier molecular flexibility index (Phi) is 5.04. The predicted octanol–water partition coefficient (Wildman–Crippen LogP) is 1.30. The van der Waals surface area contributed by atoms with Gasteiger partial charge in [0.15, 0.2) is 5.13 Å².